The van der Waals surface area contributed by atoms with Crippen molar-refractivity contribution < 1.29 is 20.1 Å². The Bertz CT molecular complexity index is 570. The molecule has 0 aromatic carbocycles. The number of nitrogens with zero attached hydrogens (tertiary/aromatic N) is 1. The highest BCUT2D eigenvalue weighted by atomic mass is 32.2. The van der Waals surface area contributed by atoms with Gasteiger partial charge >= 0.3 is 5.69 Å². The molecule has 0 saturated carbocycles. The highest BCUT2D eigenvalue weighted by Gasteiger charge is 2.44. The Morgan fingerprint density at radius 3 is 2.63 bits per heavy atom. The first-order valence-electron chi connectivity index (χ1n) is 5.52. The second-order valence-corrected chi connectivity index (χ2v) is 4.87. The molecule has 1 aromatic rings. The van der Waals surface area contributed by atoms with Crippen LogP contribution in [-0.2, 0) is 4.74 Å². The van der Waals surface area contributed by atoms with Crippen LogP contribution in [-0.4, -0.2) is 55.5 Å². The molecule has 2 unspecified atom stereocenters. The van der Waals surface area contributed by atoms with E-state index in [9.17, 15) is 19.8 Å². The Balaban J connectivity index is 2.43. The fourth-order valence-electron chi connectivity index (χ4n) is 1.96. The number of hydrogen-bond donors (Lipinski definition) is 4. The van der Waals surface area contributed by atoms with Crippen LogP contribution >= 0.6 is 11.9 Å². The van der Waals surface area contributed by atoms with Gasteiger partial charge in [0.2, 0.25) is 0 Å². The van der Waals surface area contributed by atoms with E-state index in [0.717, 1.165) is 11.9 Å². The molecule has 9 heteroatoms. The van der Waals surface area contributed by atoms with Crippen LogP contribution in [0.5, 0.6) is 0 Å². The maximum atomic E-state index is 11.7. The van der Waals surface area contributed by atoms with Crippen molar-refractivity contribution in [2.45, 2.75) is 24.4 Å². The van der Waals surface area contributed by atoms with Crippen LogP contribution in [0, 0.1) is 0 Å². The van der Waals surface area contributed by atoms with Gasteiger partial charge in [-0.3, -0.25) is 9.78 Å². The molecule has 0 radical (unpaired) electrons. The molecule has 0 aliphatic carbocycles. The first kappa shape index (κ1) is 14.3. The van der Waals surface area contributed by atoms with E-state index >= 15 is 0 Å². The number of nitrogens with one attached hydrogen (secondary N) is 1. The number of ether oxygens (including phenoxy) is 1. The Labute approximate surface area is 111 Å². The maximum absolute atomic E-state index is 11.7. The summed E-state index contributed by atoms with van der Waals surface area (Å²) in [6, 6.07) is 0. The Morgan fingerprint density at radius 2 is 2.11 bits per heavy atom. The minimum absolute atomic E-state index is 0.0245. The van der Waals surface area contributed by atoms with Gasteiger partial charge in [-0.1, -0.05) is 0 Å². The van der Waals surface area contributed by atoms with Crippen molar-refractivity contribution in [3.8, 4) is 0 Å². The molecule has 1 aliphatic heterocycles. The lowest BCUT2D eigenvalue weighted by atomic mass is 10.0. The van der Waals surface area contributed by atoms with Gasteiger partial charge in [-0.15, -0.1) is 0 Å². The molecule has 2 heterocycles. The molecule has 1 saturated heterocycles. The highest BCUT2D eigenvalue weighted by Crippen LogP contribution is 2.31. The lowest BCUT2D eigenvalue weighted by molar-refractivity contribution is -0.0232. The smallest absolute Gasteiger partial charge is 0.338 e. The molecule has 19 heavy (non-hydrogen) atoms. The van der Waals surface area contributed by atoms with Gasteiger partial charge in [-0.25, -0.2) is 8.77 Å². The van der Waals surface area contributed by atoms with Crippen molar-refractivity contribution in [1.29, 1.82) is 0 Å². The number of rotatable bonds is 3. The third-order valence-electron chi connectivity index (χ3n) is 2.98. The van der Waals surface area contributed by atoms with Gasteiger partial charge < -0.3 is 20.1 Å². The lowest BCUT2D eigenvalue weighted by Crippen LogP contribution is -2.35. The van der Waals surface area contributed by atoms with Gasteiger partial charge in [0, 0.05) is 12.5 Å². The van der Waals surface area contributed by atoms with E-state index in [1.165, 1.54) is 10.2 Å². The van der Waals surface area contributed by atoms with Crippen molar-refractivity contribution in [3.05, 3.63) is 32.6 Å². The summed E-state index contributed by atoms with van der Waals surface area (Å²) in [6.07, 6.45) is -1.79. The molecule has 1 aliphatic rings. The quantitative estimate of drug-likeness (QED) is 0.498. The number of aliphatic hydroxyl groups excluding tert-OH is 3. The average molecular weight is 290 g/mol. The van der Waals surface area contributed by atoms with Crippen LogP contribution in [0.15, 0.2) is 15.8 Å². The Morgan fingerprint density at radius 1 is 1.42 bits per heavy atom. The fraction of sp³-hybridized carbons (Fsp3) is 0.600. The zero-order valence-electron chi connectivity index (χ0n) is 10.0. The molecule has 4 N–H and O–H groups in total. The number of aromatic nitrogens is 2. The first-order valence-corrected chi connectivity index (χ1v) is 6.70. The van der Waals surface area contributed by atoms with Crippen LogP contribution in [0.1, 0.15) is 11.7 Å². The summed E-state index contributed by atoms with van der Waals surface area (Å²) < 4.78 is 6.42. The number of H-pyrrole nitrogens is 1. The summed E-state index contributed by atoms with van der Waals surface area (Å²) in [5, 5.41) is 28.5. The molecule has 0 amide bonds. The molecule has 8 nitrogen and oxygen atoms in total. The van der Waals surface area contributed by atoms with Crippen molar-refractivity contribution >= 4 is 11.9 Å². The molecule has 1 fully saturated rings. The third-order valence-corrected chi connectivity index (χ3v) is 3.65. The maximum Gasteiger partial charge on any atom is 0.338 e. The minimum atomic E-state index is -1.34. The number of hydrogen-bond acceptors (Lipinski definition) is 7. The van der Waals surface area contributed by atoms with Crippen LogP contribution in [0.2, 0.25) is 0 Å². The monoisotopic (exact) mass is 290 g/mol. The minimum Gasteiger partial charge on any atom is -0.394 e. The van der Waals surface area contributed by atoms with E-state index in [1.54, 1.807) is 6.26 Å². The van der Waals surface area contributed by atoms with E-state index in [4.69, 9.17) is 9.84 Å². The predicted molar refractivity (Wildman–Crippen MR) is 66.9 cm³/mol. The average Bonchev–Trinajstić information content (AvgIpc) is 2.67. The van der Waals surface area contributed by atoms with Crippen LogP contribution in [0.25, 0.3) is 0 Å². The third kappa shape index (κ3) is 2.47. The summed E-state index contributed by atoms with van der Waals surface area (Å²) in [4.78, 5) is 25.2. The Hall–Kier alpha value is -1.13. The van der Waals surface area contributed by atoms with Gasteiger partial charge in [-0.2, -0.15) is 0 Å². The summed E-state index contributed by atoms with van der Waals surface area (Å²) >= 11 is 1.07. The fourth-order valence-corrected chi connectivity index (χ4v) is 2.39. The summed E-state index contributed by atoms with van der Waals surface area (Å²) in [5.41, 5.74) is -1.26. The van der Waals surface area contributed by atoms with E-state index in [-0.39, 0.29) is 5.56 Å². The van der Waals surface area contributed by atoms with E-state index < -0.39 is 42.3 Å². The molecule has 0 bridgehead atoms. The molecular formula is C10H14N2O6S. The van der Waals surface area contributed by atoms with E-state index in [2.05, 4.69) is 4.98 Å². The van der Waals surface area contributed by atoms with Crippen molar-refractivity contribution in [3.63, 3.8) is 0 Å². The van der Waals surface area contributed by atoms with Crippen molar-refractivity contribution in [2.75, 3.05) is 12.9 Å². The van der Waals surface area contributed by atoms with Gasteiger partial charge in [0.1, 0.15) is 24.4 Å². The van der Waals surface area contributed by atoms with Crippen LogP contribution < -0.4 is 11.2 Å². The zero-order valence-corrected chi connectivity index (χ0v) is 10.8. The first-order chi connectivity index (χ1) is 8.99. The normalized spacial score (nSPS) is 30.7. The van der Waals surface area contributed by atoms with Crippen LogP contribution in [0.4, 0.5) is 0 Å². The van der Waals surface area contributed by atoms with Crippen LogP contribution in [0.3, 0.4) is 0 Å². The standard InChI is InChI=1S/C10H14N2O6S/c1-19-12-2-4(9(16)11-10(12)17)8-7(15)6(14)5(3-13)18-8/h2,5-8,13-15H,3H2,1H3,(H,11,16,17)/t5-,6?,7?,8+/m1/s1. The molecule has 2 rings (SSSR count). The molecule has 0 spiro atoms. The van der Waals surface area contributed by atoms with Gasteiger partial charge in [0.05, 0.1) is 12.2 Å². The zero-order chi connectivity index (χ0) is 14.2. The summed E-state index contributed by atoms with van der Waals surface area (Å²) in [7, 11) is 0. The second kappa shape index (κ2) is 5.47. The van der Waals surface area contributed by atoms with Gasteiger partial charge in [0.15, 0.2) is 0 Å². The predicted octanol–water partition coefficient (Wildman–Crippen LogP) is -2.18. The van der Waals surface area contributed by atoms with E-state index in [0.29, 0.717) is 0 Å². The second-order valence-electron chi connectivity index (χ2n) is 4.11. The summed E-state index contributed by atoms with van der Waals surface area (Å²) in [5.74, 6) is 0. The van der Waals surface area contributed by atoms with Crippen molar-refractivity contribution in [1.82, 2.24) is 8.96 Å². The van der Waals surface area contributed by atoms with E-state index in [1.807, 2.05) is 0 Å². The largest absolute Gasteiger partial charge is 0.394 e. The van der Waals surface area contributed by atoms with Gasteiger partial charge in [0.25, 0.3) is 5.56 Å². The number of aromatic amines is 1. The Kier molecular flexibility index (Phi) is 4.11. The van der Waals surface area contributed by atoms with Crippen molar-refractivity contribution in [2.24, 2.45) is 0 Å². The number of aliphatic hydroxyl groups is 3. The molecular weight excluding hydrogens is 276 g/mol. The topological polar surface area (TPSA) is 125 Å². The molecule has 4 atom stereocenters. The SMILES string of the molecule is CSn1cc([C@@H]2O[C@H](CO)C(O)C2O)c(=O)[nH]c1=O. The highest BCUT2D eigenvalue weighted by molar-refractivity contribution is 7.97. The summed E-state index contributed by atoms with van der Waals surface area (Å²) in [6.45, 7) is -0.477. The molecule has 1 aromatic heterocycles. The lowest BCUT2D eigenvalue weighted by Gasteiger charge is -2.14. The molecule has 106 valence electrons. The van der Waals surface area contributed by atoms with Gasteiger partial charge in [-0.05, 0) is 11.9 Å².